The third-order valence-electron chi connectivity index (χ3n) is 3.05. The number of hydrogen-bond donors (Lipinski definition) is 2. The summed E-state index contributed by atoms with van der Waals surface area (Å²) in [6.07, 6.45) is 1.20. The summed E-state index contributed by atoms with van der Waals surface area (Å²) >= 11 is 0. The summed E-state index contributed by atoms with van der Waals surface area (Å²) in [5.74, 6) is -0.144. The van der Waals surface area contributed by atoms with Gasteiger partial charge in [-0.05, 0) is 24.0 Å². The number of benzene rings is 1. The molecule has 0 aromatic heterocycles. The van der Waals surface area contributed by atoms with Crippen LogP contribution >= 0.6 is 0 Å². The number of hydrogen-bond acceptors (Lipinski definition) is 3. The Hall–Kier alpha value is -2.04. The van der Waals surface area contributed by atoms with Crippen molar-refractivity contribution in [2.45, 2.75) is 33.2 Å². The van der Waals surface area contributed by atoms with Crippen LogP contribution in [0.15, 0.2) is 24.3 Å². The molecule has 1 aromatic carbocycles. The van der Waals surface area contributed by atoms with Crippen LogP contribution < -0.4 is 11.5 Å². The first kappa shape index (κ1) is 16.0. The summed E-state index contributed by atoms with van der Waals surface area (Å²) in [6, 6.07) is 7.31. The van der Waals surface area contributed by atoms with Gasteiger partial charge in [-0.3, -0.25) is 9.59 Å². The van der Waals surface area contributed by atoms with Crippen LogP contribution in [0.4, 0.5) is 5.69 Å². The summed E-state index contributed by atoms with van der Waals surface area (Å²) in [4.78, 5) is 24.8. The van der Waals surface area contributed by atoms with E-state index in [1.54, 1.807) is 6.07 Å². The summed E-state index contributed by atoms with van der Waals surface area (Å²) in [7, 11) is 0. The van der Waals surface area contributed by atoms with Gasteiger partial charge >= 0.3 is 0 Å². The number of carbonyl (C=O) groups excluding carboxylic acids is 2. The minimum absolute atomic E-state index is 0.0687. The van der Waals surface area contributed by atoms with Crippen molar-refractivity contribution in [3.63, 3.8) is 0 Å². The zero-order chi connectivity index (χ0) is 15.1. The minimum Gasteiger partial charge on any atom is -0.398 e. The second kappa shape index (κ2) is 7.53. The van der Waals surface area contributed by atoms with E-state index in [-0.39, 0.29) is 12.5 Å². The normalized spacial score (nSPS) is 10.6. The van der Waals surface area contributed by atoms with Crippen molar-refractivity contribution in [2.75, 3.05) is 12.3 Å². The predicted molar refractivity (Wildman–Crippen MR) is 79.5 cm³/mol. The highest BCUT2D eigenvalue weighted by molar-refractivity contribution is 5.83. The summed E-state index contributed by atoms with van der Waals surface area (Å²) in [5, 5.41) is 0. The predicted octanol–water partition coefficient (Wildman–Crippen LogP) is 1.52. The monoisotopic (exact) mass is 277 g/mol. The highest BCUT2D eigenvalue weighted by atomic mass is 16.2. The average molecular weight is 277 g/mol. The lowest BCUT2D eigenvalue weighted by Crippen LogP contribution is -2.38. The van der Waals surface area contributed by atoms with Gasteiger partial charge in [0, 0.05) is 18.7 Å². The number of nitrogens with two attached hydrogens (primary N) is 2. The number of amides is 2. The van der Waals surface area contributed by atoms with Crippen LogP contribution in [-0.4, -0.2) is 23.3 Å². The third-order valence-corrected chi connectivity index (χ3v) is 3.05. The van der Waals surface area contributed by atoms with E-state index in [0.717, 1.165) is 12.0 Å². The molecule has 110 valence electrons. The zero-order valence-corrected chi connectivity index (χ0v) is 12.1. The quantitative estimate of drug-likeness (QED) is 0.740. The first-order chi connectivity index (χ1) is 9.40. The van der Waals surface area contributed by atoms with E-state index >= 15 is 0 Å². The van der Waals surface area contributed by atoms with Crippen molar-refractivity contribution in [3.8, 4) is 0 Å². The van der Waals surface area contributed by atoms with Crippen molar-refractivity contribution in [2.24, 2.45) is 11.7 Å². The van der Waals surface area contributed by atoms with Gasteiger partial charge in [0.1, 0.15) is 0 Å². The Morgan fingerprint density at radius 2 is 1.90 bits per heavy atom. The molecule has 4 N–H and O–H groups in total. The van der Waals surface area contributed by atoms with Gasteiger partial charge in [0.15, 0.2) is 0 Å². The molecule has 0 atom stereocenters. The second-order valence-corrected chi connectivity index (χ2v) is 5.35. The molecule has 0 aliphatic rings. The molecule has 0 saturated heterocycles. The zero-order valence-electron chi connectivity index (χ0n) is 12.1. The summed E-state index contributed by atoms with van der Waals surface area (Å²) in [6.45, 7) is 4.35. The highest BCUT2D eigenvalue weighted by Gasteiger charge is 2.17. The van der Waals surface area contributed by atoms with Gasteiger partial charge in [0.05, 0.1) is 6.54 Å². The third kappa shape index (κ3) is 5.30. The van der Waals surface area contributed by atoms with Crippen LogP contribution in [0.3, 0.4) is 0 Å². The number of nitrogens with zero attached hydrogens (tertiary/aromatic N) is 1. The van der Waals surface area contributed by atoms with Crippen molar-refractivity contribution in [1.82, 2.24) is 4.90 Å². The van der Waals surface area contributed by atoms with Crippen molar-refractivity contribution in [3.05, 3.63) is 29.8 Å². The molecule has 0 heterocycles. The van der Waals surface area contributed by atoms with Gasteiger partial charge < -0.3 is 16.4 Å². The van der Waals surface area contributed by atoms with Gasteiger partial charge in [-0.25, -0.2) is 0 Å². The SMILES string of the molecule is CC(C)CCC(=O)N(CC(N)=O)Cc1ccccc1N. The van der Waals surface area contributed by atoms with Gasteiger partial charge in [-0.15, -0.1) is 0 Å². The number of nitrogen functional groups attached to an aromatic ring is 1. The fourth-order valence-corrected chi connectivity index (χ4v) is 1.87. The number of carbonyl (C=O) groups is 2. The van der Waals surface area contributed by atoms with Crippen LogP contribution in [-0.2, 0) is 16.1 Å². The lowest BCUT2D eigenvalue weighted by molar-refractivity contribution is -0.136. The van der Waals surface area contributed by atoms with Crippen LogP contribution in [0.25, 0.3) is 0 Å². The molecule has 0 aliphatic heterocycles. The van der Waals surface area contributed by atoms with E-state index in [1.165, 1.54) is 4.90 Å². The Morgan fingerprint density at radius 3 is 2.45 bits per heavy atom. The van der Waals surface area contributed by atoms with E-state index in [1.807, 2.05) is 18.2 Å². The maximum atomic E-state index is 12.2. The van der Waals surface area contributed by atoms with E-state index < -0.39 is 5.91 Å². The topological polar surface area (TPSA) is 89.4 Å². The van der Waals surface area contributed by atoms with Crippen LogP contribution in [0.2, 0.25) is 0 Å². The minimum atomic E-state index is -0.516. The number of para-hydroxylation sites is 1. The summed E-state index contributed by atoms with van der Waals surface area (Å²) < 4.78 is 0. The van der Waals surface area contributed by atoms with Gasteiger partial charge in [-0.1, -0.05) is 32.0 Å². The van der Waals surface area contributed by atoms with E-state index in [2.05, 4.69) is 13.8 Å². The Kier molecular flexibility index (Phi) is 6.03. The Morgan fingerprint density at radius 1 is 1.25 bits per heavy atom. The molecule has 0 aliphatic carbocycles. The van der Waals surface area contributed by atoms with Crippen molar-refractivity contribution in [1.29, 1.82) is 0 Å². The molecule has 0 radical (unpaired) electrons. The fraction of sp³-hybridized carbons (Fsp3) is 0.467. The second-order valence-electron chi connectivity index (χ2n) is 5.35. The molecule has 5 nitrogen and oxygen atoms in total. The molecule has 0 saturated carbocycles. The maximum absolute atomic E-state index is 12.2. The van der Waals surface area contributed by atoms with Gasteiger partial charge in [-0.2, -0.15) is 0 Å². The van der Waals surface area contributed by atoms with E-state index in [4.69, 9.17) is 11.5 Å². The van der Waals surface area contributed by atoms with Gasteiger partial charge in [0.25, 0.3) is 0 Å². The number of anilines is 1. The van der Waals surface area contributed by atoms with Crippen molar-refractivity contribution < 1.29 is 9.59 Å². The van der Waals surface area contributed by atoms with Crippen LogP contribution in [0.5, 0.6) is 0 Å². The lowest BCUT2D eigenvalue weighted by atomic mass is 10.1. The van der Waals surface area contributed by atoms with E-state index in [9.17, 15) is 9.59 Å². The molecular weight excluding hydrogens is 254 g/mol. The molecule has 20 heavy (non-hydrogen) atoms. The van der Waals surface area contributed by atoms with Crippen LogP contribution in [0.1, 0.15) is 32.3 Å². The fourth-order valence-electron chi connectivity index (χ4n) is 1.87. The molecular formula is C15H23N3O2. The smallest absolute Gasteiger partial charge is 0.237 e. The molecule has 0 spiro atoms. The molecule has 1 rings (SSSR count). The lowest BCUT2D eigenvalue weighted by Gasteiger charge is -2.22. The Bertz CT molecular complexity index is 472. The highest BCUT2D eigenvalue weighted by Crippen LogP contribution is 2.15. The first-order valence-electron chi connectivity index (χ1n) is 6.79. The Labute approximate surface area is 119 Å². The molecule has 1 aromatic rings. The summed E-state index contributed by atoms with van der Waals surface area (Å²) in [5.41, 5.74) is 12.5. The molecule has 2 amide bonds. The van der Waals surface area contributed by atoms with E-state index in [0.29, 0.717) is 24.6 Å². The molecule has 0 bridgehead atoms. The number of rotatable bonds is 7. The van der Waals surface area contributed by atoms with Crippen LogP contribution in [0, 0.1) is 5.92 Å². The first-order valence-corrected chi connectivity index (χ1v) is 6.79. The Balaban J connectivity index is 2.76. The molecule has 5 heteroatoms. The number of primary amides is 1. The average Bonchev–Trinajstić information content (AvgIpc) is 2.37. The standard InChI is InChI=1S/C15H23N3O2/c1-11(2)7-8-15(20)18(10-14(17)19)9-12-5-3-4-6-13(12)16/h3-6,11H,7-10,16H2,1-2H3,(H2,17,19). The molecule has 0 fully saturated rings. The maximum Gasteiger partial charge on any atom is 0.237 e. The largest absolute Gasteiger partial charge is 0.398 e. The van der Waals surface area contributed by atoms with Gasteiger partial charge in [0.2, 0.25) is 11.8 Å². The molecule has 0 unspecified atom stereocenters. The van der Waals surface area contributed by atoms with Crippen molar-refractivity contribution >= 4 is 17.5 Å².